The lowest BCUT2D eigenvalue weighted by atomic mass is 10.0. The molecule has 124 valence electrons. The first-order valence-electron chi connectivity index (χ1n) is 8.44. The molecule has 6 heteroatoms. The third kappa shape index (κ3) is 3.38. The molecule has 2 aromatic rings. The van der Waals surface area contributed by atoms with Gasteiger partial charge >= 0.3 is 0 Å². The number of aromatic nitrogens is 4. The van der Waals surface area contributed by atoms with E-state index in [4.69, 9.17) is 12.2 Å². The Morgan fingerprint density at radius 2 is 2.00 bits per heavy atom. The SMILES string of the molecule is CC[C@@H]1CCCCN1Cn1nnn(-c2ccc(C)c(C)c2)c1=S. The zero-order valence-corrected chi connectivity index (χ0v) is 15.0. The molecule has 3 rings (SSSR count). The van der Waals surface area contributed by atoms with Crippen LogP contribution in [-0.4, -0.2) is 37.3 Å². The van der Waals surface area contributed by atoms with E-state index in [1.165, 1.54) is 36.8 Å². The van der Waals surface area contributed by atoms with Crippen LogP contribution >= 0.6 is 12.2 Å². The Bertz CT molecular complexity index is 733. The van der Waals surface area contributed by atoms with Crippen molar-refractivity contribution in [2.45, 2.75) is 59.2 Å². The molecule has 0 radical (unpaired) electrons. The summed E-state index contributed by atoms with van der Waals surface area (Å²) in [7, 11) is 0. The maximum atomic E-state index is 5.60. The van der Waals surface area contributed by atoms with Gasteiger partial charge in [-0.2, -0.15) is 4.68 Å². The lowest BCUT2D eigenvalue weighted by Gasteiger charge is -2.34. The minimum atomic E-state index is 0.636. The molecular weight excluding hydrogens is 306 g/mol. The van der Waals surface area contributed by atoms with Crippen molar-refractivity contribution in [2.24, 2.45) is 0 Å². The quantitative estimate of drug-likeness (QED) is 0.802. The van der Waals surface area contributed by atoms with Crippen molar-refractivity contribution in [3.63, 3.8) is 0 Å². The van der Waals surface area contributed by atoms with E-state index in [0.29, 0.717) is 10.8 Å². The number of piperidine rings is 1. The van der Waals surface area contributed by atoms with Crippen molar-refractivity contribution in [3.05, 3.63) is 34.1 Å². The second kappa shape index (κ2) is 6.93. The van der Waals surface area contributed by atoms with Gasteiger partial charge in [0, 0.05) is 12.6 Å². The van der Waals surface area contributed by atoms with Gasteiger partial charge in [0.15, 0.2) is 0 Å². The van der Waals surface area contributed by atoms with E-state index < -0.39 is 0 Å². The largest absolute Gasteiger partial charge is 0.281 e. The van der Waals surface area contributed by atoms with Gasteiger partial charge in [0.05, 0.1) is 12.4 Å². The van der Waals surface area contributed by atoms with Gasteiger partial charge in [-0.1, -0.05) is 19.4 Å². The topological polar surface area (TPSA) is 38.9 Å². The number of hydrogen-bond donors (Lipinski definition) is 0. The highest BCUT2D eigenvalue weighted by Crippen LogP contribution is 2.20. The van der Waals surface area contributed by atoms with Crippen LogP contribution in [0.2, 0.25) is 0 Å². The first-order chi connectivity index (χ1) is 11.1. The Morgan fingerprint density at radius 1 is 1.17 bits per heavy atom. The highest BCUT2D eigenvalue weighted by Gasteiger charge is 2.21. The molecule has 1 atom stereocenters. The Labute approximate surface area is 142 Å². The van der Waals surface area contributed by atoms with E-state index in [1.54, 1.807) is 4.68 Å². The number of benzene rings is 1. The van der Waals surface area contributed by atoms with E-state index >= 15 is 0 Å². The molecule has 0 N–H and O–H groups in total. The molecule has 0 aliphatic carbocycles. The normalized spacial score (nSPS) is 19.2. The summed E-state index contributed by atoms with van der Waals surface area (Å²) >= 11 is 5.60. The molecule has 0 bridgehead atoms. The Balaban J connectivity index is 1.84. The smallest absolute Gasteiger partial charge is 0.221 e. The predicted octanol–water partition coefficient (Wildman–Crippen LogP) is 3.64. The zero-order valence-electron chi connectivity index (χ0n) is 14.2. The molecular formula is C17H25N5S. The molecule has 1 aromatic carbocycles. The van der Waals surface area contributed by atoms with Crippen molar-refractivity contribution in [1.82, 2.24) is 24.7 Å². The molecule has 2 heterocycles. The number of rotatable bonds is 4. The molecule has 1 fully saturated rings. The van der Waals surface area contributed by atoms with Crippen LogP contribution in [0.4, 0.5) is 0 Å². The first-order valence-corrected chi connectivity index (χ1v) is 8.85. The maximum Gasteiger partial charge on any atom is 0.221 e. The van der Waals surface area contributed by atoms with Crippen LogP contribution < -0.4 is 0 Å². The molecule has 1 aromatic heterocycles. The van der Waals surface area contributed by atoms with Crippen LogP contribution in [0, 0.1) is 18.6 Å². The van der Waals surface area contributed by atoms with Gasteiger partial charge in [-0.15, -0.1) is 0 Å². The minimum absolute atomic E-state index is 0.636. The summed E-state index contributed by atoms with van der Waals surface area (Å²) in [6.07, 6.45) is 5.04. The predicted molar refractivity (Wildman–Crippen MR) is 94.3 cm³/mol. The molecule has 1 aliphatic heterocycles. The fourth-order valence-electron chi connectivity index (χ4n) is 3.26. The van der Waals surface area contributed by atoms with Crippen LogP contribution in [-0.2, 0) is 6.67 Å². The Kier molecular flexibility index (Phi) is 4.92. The van der Waals surface area contributed by atoms with Crippen molar-refractivity contribution >= 4 is 12.2 Å². The summed E-state index contributed by atoms with van der Waals surface area (Å²) in [5, 5.41) is 8.56. The third-order valence-electron chi connectivity index (χ3n) is 4.91. The lowest BCUT2D eigenvalue weighted by Crippen LogP contribution is -2.40. The average molecular weight is 331 g/mol. The van der Waals surface area contributed by atoms with Crippen LogP contribution in [0.15, 0.2) is 18.2 Å². The monoisotopic (exact) mass is 331 g/mol. The highest BCUT2D eigenvalue weighted by atomic mass is 32.1. The Hall–Kier alpha value is -1.53. The average Bonchev–Trinajstić information content (AvgIpc) is 2.92. The Morgan fingerprint density at radius 3 is 2.74 bits per heavy atom. The van der Waals surface area contributed by atoms with Crippen LogP contribution in [0.5, 0.6) is 0 Å². The standard InChI is InChI=1S/C17H25N5S/c1-4-15-7-5-6-10-20(15)12-21-17(23)22(19-18-21)16-9-8-13(2)14(3)11-16/h8-9,11,15H,4-7,10,12H2,1-3H3/t15-/m1/s1. The maximum absolute atomic E-state index is 5.60. The summed E-state index contributed by atoms with van der Waals surface area (Å²) in [6, 6.07) is 6.90. The van der Waals surface area contributed by atoms with Crippen LogP contribution in [0.25, 0.3) is 5.69 Å². The summed E-state index contributed by atoms with van der Waals surface area (Å²) in [5.41, 5.74) is 3.49. The van der Waals surface area contributed by atoms with Crippen molar-refractivity contribution < 1.29 is 0 Å². The van der Waals surface area contributed by atoms with Crippen molar-refractivity contribution in [1.29, 1.82) is 0 Å². The minimum Gasteiger partial charge on any atom is -0.281 e. The van der Waals surface area contributed by atoms with Crippen molar-refractivity contribution in [3.8, 4) is 5.69 Å². The summed E-state index contributed by atoms with van der Waals surface area (Å²) in [5.74, 6) is 0. The molecule has 5 nitrogen and oxygen atoms in total. The van der Waals surface area contributed by atoms with E-state index in [-0.39, 0.29) is 0 Å². The van der Waals surface area contributed by atoms with E-state index in [0.717, 1.165) is 18.9 Å². The molecule has 0 spiro atoms. The van der Waals surface area contributed by atoms with Gasteiger partial charge in [0.2, 0.25) is 4.77 Å². The second-order valence-corrected chi connectivity index (χ2v) is 6.82. The number of tetrazole rings is 1. The highest BCUT2D eigenvalue weighted by molar-refractivity contribution is 7.71. The number of likely N-dealkylation sites (tertiary alicyclic amines) is 1. The molecule has 1 saturated heterocycles. The zero-order chi connectivity index (χ0) is 16.4. The van der Waals surface area contributed by atoms with Crippen LogP contribution in [0.1, 0.15) is 43.7 Å². The van der Waals surface area contributed by atoms with Gasteiger partial charge in [-0.25, -0.2) is 4.68 Å². The van der Waals surface area contributed by atoms with Gasteiger partial charge in [0.25, 0.3) is 0 Å². The summed E-state index contributed by atoms with van der Waals surface area (Å²) in [6.45, 7) is 8.33. The lowest BCUT2D eigenvalue weighted by molar-refractivity contribution is 0.0996. The molecule has 0 saturated carbocycles. The fraction of sp³-hybridized carbons (Fsp3) is 0.588. The summed E-state index contributed by atoms with van der Waals surface area (Å²) < 4.78 is 4.26. The van der Waals surface area contributed by atoms with E-state index in [2.05, 4.69) is 48.2 Å². The van der Waals surface area contributed by atoms with Crippen LogP contribution in [0.3, 0.4) is 0 Å². The third-order valence-corrected chi connectivity index (χ3v) is 5.29. The molecule has 1 aliphatic rings. The number of aryl methyl sites for hydroxylation is 2. The van der Waals surface area contributed by atoms with Crippen molar-refractivity contribution in [2.75, 3.05) is 6.54 Å². The molecule has 0 unspecified atom stereocenters. The summed E-state index contributed by atoms with van der Waals surface area (Å²) in [4.78, 5) is 2.48. The fourth-order valence-corrected chi connectivity index (χ4v) is 3.50. The number of nitrogens with zero attached hydrogens (tertiary/aromatic N) is 5. The molecule has 0 amide bonds. The second-order valence-electron chi connectivity index (χ2n) is 6.45. The van der Waals surface area contributed by atoms with Gasteiger partial charge in [-0.3, -0.25) is 4.90 Å². The first kappa shape index (κ1) is 16.3. The number of hydrogen-bond acceptors (Lipinski definition) is 4. The van der Waals surface area contributed by atoms with Gasteiger partial charge < -0.3 is 0 Å². The van der Waals surface area contributed by atoms with Gasteiger partial charge in [0.1, 0.15) is 0 Å². The van der Waals surface area contributed by atoms with E-state index in [1.807, 2.05) is 10.7 Å². The van der Waals surface area contributed by atoms with Gasteiger partial charge in [-0.05, 0) is 79.0 Å². The molecule has 23 heavy (non-hydrogen) atoms. The van der Waals surface area contributed by atoms with E-state index in [9.17, 15) is 0 Å².